The number of unbranched alkanes of at least 4 members (excludes halogenated alkanes) is 2. The van der Waals surface area contributed by atoms with Gasteiger partial charge >= 0.3 is 0 Å². The number of anilines is 1. The van der Waals surface area contributed by atoms with E-state index in [-0.39, 0.29) is 11.8 Å². The van der Waals surface area contributed by atoms with Gasteiger partial charge in [0.25, 0.3) is 11.8 Å². The van der Waals surface area contributed by atoms with Crippen molar-refractivity contribution in [3.05, 3.63) is 71.4 Å². The van der Waals surface area contributed by atoms with Crippen LogP contribution in [0.15, 0.2) is 60.3 Å². The molecule has 2 aromatic carbocycles. The molecule has 0 fully saturated rings. The molecule has 2 rings (SSSR count). The van der Waals surface area contributed by atoms with Gasteiger partial charge in [-0.2, -0.15) is 0 Å². The molecule has 0 radical (unpaired) electrons. The molecule has 0 bridgehead atoms. The highest BCUT2D eigenvalue weighted by atomic mass is 16.2. The summed E-state index contributed by atoms with van der Waals surface area (Å²) in [7, 11) is 3.97. The minimum Gasteiger partial charge on any atom is -0.378 e. The van der Waals surface area contributed by atoms with Gasteiger partial charge in [-0.05, 0) is 48.7 Å². The molecular weight excluding hydrogens is 386 g/mol. The molecule has 5 heteroatoms. The monoisotopic (exact) mass is 421 g/mol. The van der Waals surface area contributed by atoms with E-state index in [4.69, 9.17) is 0 Å². The van der Waals surface area contributed by atoms with Gasteiger partial charge in [0.05, 0.1) is 0 Å². The SMILES string of the molecule is CCCCN(CCCC)C(=O)/C(=C/c1ccc(N(C)C)cc1)NC(=O)c1ccccc1. The Hall–Kier alpha value is -3.08. The Bertz CT molecular complexity index is 850. The number of hydrogen-bond donors (Lipinski definition) is 1. The smallest absolute Gasteiger partial charge is 0.270 e. The molecule has 0 spiro atoms. The van der Waals surface area contributed by atoms with Gasteiger partial charge in [0, 0.05) is 38.4 Å². The molecular formula is C26H35N3O2. The van der Waals surface area contributed by atoms with Crippen LogP contribution in [0.2, 0.25) is 0 Å². The second kappa shape index (κ2) is 12.6. The van der Waals surface area contributed by atoms with Crippen LogP contribution >= 0.6 is 0 Å². The zero-order valence-corrected chi connectivity index (χ0v) is 19.2. The molecule has 2 aromatic rings. The van der Waals surface area contributed by atoms with Crippen LogP contribution in [0.4, 0.5) is 5.69 Å². The Labute approximate surface area is 186 Å². The summed E-state index contributed by atoms with van der Waals surface area (Å²) in [6.45, 7) is 5.60. The fourth-order valence-corrected chi connectivity index (χ4v) is 3.15. The number of nitrogens with zero attached hydrogens (tertiary/aromatic N) is 2. The summed E-state index contributed by atoms with van der Waals surface area (Å²) < 4.78 is 0. The van der Waals surface area contributed by atoms with Crippen LogP contribution in [0.25, 0.3) is 6.08 Å². The lowest BCUT2D eigenvalue weighted by Crippen LogP contribution is -2.39. The Kier molecular flexibility index (Phi) is 9.82. The zero-order valence-electron chi connectivity index (χ0n) is 19.2. The third-order valence-corrected chi connectivity index (χ3v) is 5.09. The van der Waals surface area contributed by atoms with Crippen molar-refractivity contribution in [2.75, 3.05) is 32.1 Å². The van der Waals surface area contributed by atoms with Crippen LogP contribution in [0.1, 0.15) is 55.5 Å². The van der Waals surface area contributed by atoms with E-state index >= 15 is 0 Å². The summed E-state index contributed by atoms with van der Waals surface area (Å²) >= 11 is 0. The summed E-state index contributed by atoms with van der Waals surface area (Å²) in [4.78, 5) is 30.1. The Morgan fingerprint density at radius 3 is 1.97 bits per heavy atom. The van der Waals surface area contributed by atoms with Gasteiger partial charge < -0.3 is 15.1 Å². The molecule has 0 aromatic heterocycles. The molecule has 0 saturated carbocycles. The van der Waals surface area contributed by atoms with Crippen LogP contribution in [0.3, 0.4) is 0 Å². The van der Waals surface area contributed by atoms with Gasteiger partial charge in [0.1, 0.15) is 5.70 Å². The molecule has 0 aliphatic heterocycles. The van der Waals surface area contributed by atoms with Crippen molar-refractivity contribution in [2.24, 2.45) is 0 Å². The quantitative estimate of drug-likeness (QED) is 0.522. The number of hydrogen-bond acceptors (Lipinski definition) is 3. The fraction of sp³-hybridized carbons (Fsp3) is 0.385. The van der Waals surface area contributed by atoms with Crippen molar-refractivity contribution in [1.82, 2.24) is 10.2 Å². The molecule has 1 N–H and O–H groups in total. The third kappa shape index (κ3) is 7.59. The number of nitrogens with one attached hydrogen (secondary N) is 1. The maximum atomic E-state index is 13.4. The lowest BCUT2D eigenvalue weighted by molar-refractivity contribution is -0.127. The van der Waals surface area contributed by atoms with Crippen LogP contribution in [-0.2, 0) is 4.79 Å². The van der Waals surface area contributed by atoms with Crippen molar-refractivity contribution in [1.29, 1.82) is 0 Å². The summed E-state index contributed by atoms with van der Waals surface area (Å²) in [5.41, 5.74) is 2.77. The van der Waals surface area contributed by atoms with Crippen LogP contribution in [0.5, 0.6) is 0 Å². The van der Waals surface area contributed by atoms with Gasteiger partial charge in [-0.1, -0.05) is 57.0 Å². The minimum atomic E-state index is -0.281. The summed E-state index contributed by atoms with van der Waals surface area (Å²) in [5.74, 6) is -0.418. The topological polar surface area (TPSA) is 52.7 Å². The lowest BCUT2D eigenvalue weighted by atomic mass is 10.1. The molecule has 0 heterocycles. The van der Waals surface area contributed by atoms with Crippen LogP contribution in [-0.4, -0.2) is 43.9 Å². The van der Waals surface area contributed by atoms with Crippen molar-refractivity contribution < 1.29 is 9.59 Å². The van der Waals surface area contributed by atoms with Crippen LogP contribution < -0.4 is 10.2 Å². The summed E-state index contributed by atoms with van der Waals surface area (Å²) in [5, 5.41) is 2.87. The molecule has 0 aliphatic rings. The molecule has 5 nitrogen and oxygen atoms in total. The molecule has 0 aliphatic carbocycles. The molecule has 0 atom stereocenters. The largest absolute Gasteiger partial charge is 0.378 e. The van der Waals surface area contributed by atoms with Gasteiger partial charge in [-0.3, -0.25) is 9.59 Å². The highest BCUT2D eigenvalue weighted by Crippen LogP contribution is 2.16. The number of amides is 2. The fourth-order valence-electron chi connectivity index (χ4n) is 3.15. The van der Waals surface area contributed by atoms with E-state index in [9.17, 15) is 9.59 Å². The number of benzene rings is 2. The highest BCUT2D eigenvalue weighted by molar-refractivity contribution is 6.05. The Morgan fingerprint density at radius 2 is 1.45 bits per heavy atom. The maximum absolute atomic E-state index is 13.4. The average Bonchev–Trinajstić information content (AvgIpc) is 2.79. The van der Waals surface area contributed by atoms with E-state index in [1.165, 1.54) is 0 Å². The normalized spacial score (nSPS) is 11.2. The number of carbonyl (C=O) groups excluding carboxylic acids is 2. The van der Waals surface area contributed by atoms with Gasteiger partial charge in [0.2, 0.25) is 0 Å². The van der Waals surface area contributed by atoms with E-state index in [2.05, 4.69) is 19.2 Å². The number of carbonyl (C=O) groups is 2. The highest BCUT2D eigenvalue weighted by Gasteiger charge is 2.20. The van der Waals surface area contributed by atoms with Crippen molar-refractivity contribution in [3.63, 3.8) is 0 Å². The van der Waals surface area contributed by atoms with E-state index in [1.54, 1.807) is 18.2 Å². The zero-order chi connectivity index (χ0) is 22.6. The molecule has 0 unspecified atom stereocenters. The first-order chi connectivity index (χ1) is 15.0. The van der Waals surface area contributed by atoms with E-state index in [1.807, 2.05) is 66.4 Å². The predicted molar refractivity (Wildman–Crippen MR) is 129 cm³/mol. The van der Waals surface area contributed by atoms with E-state index < -0.39 is 0 Å². The summed E-state index contributed by atoms with van der Waals surface area (Å²) in [6, 6.07) is 16.9. The third-order valence-electron chi connectivity index (χ3n) is 5.09. The molecule has 2 amide bonds. The first kappa shape index (κ1) is 24.2. The standard InChI is InChI=1S/C26H35N3O2/c1-5-7-18-29(19-8-6-2)26(31)24(27-25(30)22-12-10-9-11-13-22)20-21-14-16-23(17-15-21)28(3)4/h9-17,20H,5-8,18-19H2,1-4H3,(H,27,30)/b24-20-. The van der Waals surface area contributed by atoms with E-state index in [0.29, 0.717) is 24.4 Å². The molecule has 31 heavy (non-hydrogen) atoms. The van der Waals surface area contributed by atoms with Crippen LogP contribution in [0, 0.1) is 0 Å². The Balaban J connectivity index is 2.34. The van der Waals surface area contributed by atoms with Crippen molar-refractivity contribution >= 4 is 23.6 Å². The van der Waals surface area contributed by atoms with Gasteiger partial charge in [-0.15, -0.1) is 0 Å². The van der Waals surface area contributed by atoms with Gasteiger partial charge in [0.15, 0.2) is 0 Å². The second-order valence-electron chi connectivity index (χ2n) is 7.86. The predicted octanol–water partition coefficient (Wildman–Crippen LogP) is 4.95. The first-order valence-electron chi connectivity index (χ1n) is 11.1. The second-order valence-corrected chi connectivity index (χ2v) is 7.86. The van der Waals surface area contributed by atoms with E-state index in [0.717, 1.165) is 36.9 Å². The van der Waals surface area contributed by atoms with Gasteiger partial charge in [-0.25, -0.2) is 0 Å². The summed E-state index contributed by atoms with van der Waals surface area (Å²) in [6.07, 6.45) is 5.67. The molecule has 166 valence electrons. The maximum Gasteiger partial charge on any atom is 0.270 e. The lowest BCUT2D eigenvalue weighted by Gasteiger charge is -2.24. The Morgan fingerprint density at radius 1 is 0.871 bits per heavy atom. The minimum absolute atomic E-state index is 0.136. The first-order valence-corrected chi connectivity index (χ1v) is 11.1. The van der Waals surface area contributed by atoms with Crippen molar-refractivity contribution in [2.45, 2.75) is 39.5 Å². The average molecular weight is 422 g/mol. The molecule has 0 saturated heterocycles. The number of rotatable bonds is 11. The van der Waals surface area contributed by atoms with Crippen molar-refractivity contribution in [3.8, 4) is 0 Å².